The van der Waals surface area contributed by atoms with Crippen LogP contribution in [0.3, 0.4) is 0 Å². The van der Waals surface area contributed by atoms with Crippen LogP contribution in [0, 0.1) is 0 Å². The molecule has 0 spiro atoms. The molecule has 1 heterocycles. The first-order valence-electron chi connectivity index (χ1n) is 5.38. The van der Waals surface area contributed by atoms with Crippen LogP contribution < -0.4 is 5.73 Å². The Morgan fingerprint density at radius 2 is 2.16 bits per heavy atom. The molecule has 0 aliphatic heterocycles. The van der Waals surface area contributed by atoms with Crippen LogP contribution in [0.4, 0.5) is 8.78 Å². The molecule has 19 heavy (non-hydrogen) atoms. The van der Waals surface area contributed by atoms with Crippen molar-refractivity contribution in [1.29, 1.82) is 0 Å². The molecule has 0 saturated heterocycles. The summed E-state index contributed by atoms with van der Waals surface area (Å²) in [5.74, 6) is -0.0491. The molecule has 1 aromatic carbocycles. The number of aliphatic hydroxyl groups is 1. The van der Waals surface area contributed by atoms with Crippen molar-refractivity contribution in [3.05, 3.63) is 35.1 Å². The largest absolute Gasteiger partial charge is 0.394 e. The van der Waals surface area contributed by atoms with Crippen LogP contribution in [0.1, 0.15) is 18.2 Å². The summed E-state index contributed by atoms with van der Waals surface area (Å²) in [5.41, 5.74) is 6.55. The number of rotatable bonds is 4. The molecule has 8 heteroatoms. The van der Waals surface area contributed by atoms with E-state index in [1.54, 1.807) is 6.07 Å². The molecule has 3 N–H and O–H groups in total. The fourth-order valence-electron chi connectivity index (χ4n) is 1.64. The first-order chi connectivity index (χ1) is 9.04. The summed E-state index contributed by atoms with van der Waals surface area (Å²) in [6.45, 7) is -3.08. The minimum Gasteiger partial charge on any atom is -0.394 e. The van der Waals surface area contributed by atoms with Crippen LogP contribution in [0.5, 0.6) is 0 Å². The first-order valence-corrected chi connectivity index (χ1v) is 5.76. The molecule has 0 amide bonds. The second-order valence-electron chi connectivity index (χ2n) is 3.83. The smallest absolute Gasteiger partial charge is 0.335 e. The Morgan fingerprint density at radius 1 is 1.42 bits per heavy atom. The van der Waals surface area contributed by atoms with Gasteiger partial charge in [0.2, 0.25) is 0 Å². The number of aromatic nitrogens is 3. The number of benzene rings is 1. The Kier molecular flexibility index (Phi) is 4.08. The van der Waals surface area contributed by atoms with Gasteiger partial charge in [-0.15, -0.1) is 0 Å². The van der Waals surface area contributed by atoms with Crippen LogP contribution >= 0.6 is 11.6 Å². The summed E-state index contributed by atoms with van der Waals surface area (Å²) < 4.78 is 26.0. The van der Waals surface area contributed by atoms with E-state index in [1.165, 1.54) is 12.1 Å². The highest BCUT2D eigenvalue weighted by Gasteiger charge is 2.18. The summed E-state index contributed by atoms with van der Waals surface area (Å²) in [6.07, 6.45) is 1.02. The molecule has 0 bridgehead atoms. The summed E-state index contributed by atoms with van der Waals surface area (Å²) in [4.78, 5) is 3.78. The van der Waals surface area contributed by atoms with Crippen molar-refractivity contribution in [2.75, 3.05) is 6.61 Å². The van der Waals surface area contributed by atoms with Gasteiger partial charge >= 0.3 is 6.55 Å². The Hall–Kier alpha value is -1.57. The van der Waals surface area contributed by atoms with Crippen LogP contribution in [0.2, 0.25) is 5.02 Å². The zero-order valence-electron chi connectivity index (χ0n) is 9.67. The fraction of sp³-hybridized carbons (Fsp3) is 0.273. The molecule has 0 fully saturated rings. The van der Waals surface area contributed by atoms with E-state index in [0.29, 0.717) is 15.8 Å². The molecule has 1 atom stereocenters. The lowest BCUT2D eigenvalue weighted by atomic mass is 10.0. The van der Waals surface area contributed by atoms with E-state index in [0.717, 1.165) is 6.33 Å². The Bertz CT molecular complexity index is 576. The maximum atomic E-state index is 12.8. The second kappa shape index (κ2) is 5.60. The molecule has 0 unspecified atom stereocenters. The molecule has 0 radical (unpaired) electrons. The predicted molar refractivity (Wildman–Crippen MR) is 65.7 cm³/mol. The van der Waals surface area contributed by atoms with Crippen molar-refractivity contribution in [3.8, 4) is 11.4 Å². The van der Waals surface area contributed by atoms with E-state index in [4.69, 9.17) is 22.4 Å². The van der Waals surface area contributed by atoms with Gasteiger partial charge in [-0.25, -0.2) is 4.98 Å². The summed E-state index contributed by atoms with van der Waals surface area (Å²) in [6, 6.07) is 4.05. The second-order valence-corrected chi connectivity index (χ2v) is 4.24. The average molecular weight is 289 g/mol. The van der Waals surface area contributed by atoms with Gasteiger partial charge in [0.1, 0.15) is 6.33 Å². The van der Waals surface area contributed by atoms with Crippen molar-refractivity contribution in [1.82, 2.24) is 14.8 Å². The van der Waals surface area contributed by atoms with Crippen molar-refractivity contribution in [3.63, 3.8) is 0 Å². The van der Waals surface area contributed by atoms with Crippen LogP contribution in [0.25, 0.3) is 11.4 Å². The van der Waals surface area contributed by atoms with Crippen molar-refractivity contribution in [2.24, 2.45) is 5.73 Å². The lowest BCUT2D eigenvalue weighted by Crippen LogP contribution is -2.14. The Balaban J connectivity index is 2.52. The van der Waals surface area contributed by atoms with E-state index in [-0.39, 0.29) is 17.5 Å². The molecule has 5 nitrogen and oxygen atoms in total. The highest BCUT2D eigenvalue weighted by Crippen LogP contribution is 2.30. The van der Waals surface area contributed by atoms with E-state index < -0.39 is 12.6 Å². The SMILES string of the molecule is N[C@H](CO)c1ccc(Cl)c(-c2ncnn2C(F)F)c1. The van der Waals surface area contributed by atoms with Crippen molar-refractivity contribution >= 4 is 11.6 Å². The van der Waals surface area contributed by atoms with Crippen LogP contribution in [-0.4, -0.2) is 26.5 Å². The zero-order valence-corrected chi connectivity index (χ0v) is 10.4. The topological polar surface area (TPSA) is 77.0 Å². The molecule has 0 saturated carbocycles. The third-order valence-electron chi connectivity index (χ3n) is 2.61. The predicted octanol–water partition coefficient (Wildman–Crippen LogP) is 1.99. The summed E-state index contributed by atoms with van der Waals surface area (Å²) in [7, 11) is 0. The van der Waals surface area contributed by atoms with E-state index in [9.17, 15) is 8.78 Å². The summed E-state index contributed by atoms with van der Waals surface area (Å²) in [5, 5.41) is 12.7. The fourth-order valence-corrected chi connectivity index (χ4v) is 1.84. The number of halogens is 3. The monoisotopic (exact) mass is 288 g/mol. The van der Waals surface area contributed by atoms with E-state index in [2.05, 4.69) is 10.1 Å². The molecular weight excluding hydrogens is 278 g/mol. The normalized spacial score (nSPS) is 12.9. The molecule has 102 valence electrons. The van der Waals surface area contributed by atoms with Gasteiger partial charge < -0.3 is 10.8 Å². The third kappa shape index (κ3) is 2.73. The number of nitrogens with two attached hydrogens (primary N) is 1. The Labute approximate surface area is 112 Å². The summed E-state index contributed by atoms with van der Waals surface area (Å²) >= 11 is 5.98. The van der Waals surface area contributed by atoms with E-state index in [1.807, 2.05) is 0 Å². The molecule has 0 aliphatic rings. The molecule has 2 aromatic rings. The molecule has 0 aliphatic carbocycles. The van der Waals surface area contributed by atoms with Gasteiger partial charge in [-0.1, -0.05) is 17.7 Å². The number of hydrogen-bond donors (Lipinski definition) is 2. The third-order valence-corrected chi connectivity index (χ3v) is 2.94. The zero-order chi connectivity index (χ0) is 14.0. The quantitative estimate of drug-likeness (QED) is 0.902. The van der Waals surface area contributed by atoms with Gasteiger partial charge in [-0.05, 0) is 17.7 Å². The van der Waals surface area contributed by atoms with Gasteiger partial charge in [0, 0.05) is 5.56 Å². The molecule has 2 rings (SSSR count). The lowest BCUT2D eigenvalue weighted by Gasteiger charge is -2.12. The molecule has 1 aromatic heterocycles. The minimum atomic E-state index is -2.82. The van der Waals surface area contributed by atoms with E-state index >= 15 is 0 Å². The van der Waals surface area contributed by atoms with Gasteiger partial charge in [-0.3, -0.25) is 0 Å². The number of hydrogen-bond acceptors (Lipinski definition) is 4. The van der Waals surface area contributed by atoms with Gasteiger partial charge in [0.25, 0.3) is 0 Å². The van der Waals surface area contributed by atoms with Gasteiger partial charge in [0.15, 0.2) is 5.82 Å². The average Bonchev–Trinajstić information content (AvgIpc) is 2.87. The molecular formula is C11H11ClF2N4O. The highest BCUT2D eigenvalue weighted by molar-refractivity contribution is 6.33. The number of nitrogens with zero attached hydrogens (tertiary/aromatic N) is 3. The minimum absolute atomic E-state index is 0.0491. The number of alkyl halides is 2. The standard InChI is InChI=1S/C11H11ClF2N4O/c12-8-2-1-6(9(15)4-19)3-7(8)10-16-5-17-18(10)11(13)14/h1-3,5,9,11,19H,4,15H2/t9-/m1/s1. The van der Waals surface area contributed by atoms with Gasteiger partial charge in [0.05, 0.1) is 17.7 Å². The van der Waals surface area contributed by atoms with Crippen molar-refractivity contribution in [2.45, 2.75) is 12.6 Å². The van der Waals surface area contributed by atoms with Crippen molar-refractivity contribution < 1.29 is 13.9 Å². The lowest BCUT2D eigenvalue weighted by molar-refractivity contribution is 0.0582. The highest BCUT2D eigenvalue weighted by atomic mass is 35.5. The van der Waals surface area contributed by atoms with Gasteiger partial charge in [-0.2, -0.15) is 18.6 Å². The van der Waals surface area contributed by atoms with Crippen LogP contribution in [0.15, 0.2) is 24.5 Å². The first kappa shape index (κ1) is 13.9. The van der Waals surface area contributed by atoms with Crippen LogP contribution in [-0.2, 0) is 0 Å². The maximum Gasteiger partial charge on any atom is 0.335 e. The number of aliphatic hydroxyl groups excluding tert-OH is 1. The maximum absolute atomic E-state index is 12.8. The Morgan fingerprint density at radius 3 is 2.79 bits per heavy atom.